The Labute approximate surface area is 186 Å². The number of nitrogens with one attached hydrogen (secondary N) is 1. The monoisotopic (exact) mass is 438 g/mol. The van der Waals surface area contributed by atoms with Crippen molar-refractivity contribution in [3.63, 3.8) is 0 Å². The zero-order chi connectivity index (χ0) is 22.2. The van der Waals surface area contributed by atoms with E-state index in [1.165, 1.54) is 12.8 Å². The molecule has 2 bridgehead atoms. The molecule has 2 aromatic rings. The molecule has 2 aromatic heterocycles. The van der Waals surface area contributed by atoms with Gasteiger partial charge in [-0.15, -0.1) is 0 Å². The summed E-state index contributed by atoms with van der Waals surface area (Å²) in [6, 6.07) is 3.49. The number of aliphatic hydroxyl groups is 1. The number of rotatable bonds is 6. The molecule has 4 heterocycles. The summed E-state index contributed by atoms with van der Waals surface area (Å²) in [6.45, 7) is 3.25. The van der Waals surface area contributed by atoms with E-state index in [-0.39, 0.29) is 36.1 Å². The Morgan fingerprint density at radius 1 is 1.34 bits per heavy atom. The van der Waals surface area contributed by atoms with E-state index in [1.54, 1.807) is 6.26 Å². The highest BCUT2D eigenvalue weighted by Gasteiger charge is 2.55. The minimum absolute atomic E-state index is 0.0139. The number of hydrogen-bond donors (Lipinski definition) is 2. The Morgan fingerprint density at radius 3 is 2.91 bits per heavy atom. The summed E-state index contributed by atoms with van der Waals surface area (Å²) in [5, 5.41) is 13.3. The van der Waals surface area contributed by atoms with Gasteiger partial charge in [-0.2, -0.15) is 0 Å². The highest BCUT2D eigenvalue weighted by molar-refractivity contribution is 5.80. The fourth-order valence-corrected chi connectivity index (χ4v) is 5.86. The van der Waals surface area contributed by atoms with Crippen LogP contribution in [0.2, 0.25) is 0 Å². The van der Waals surface area contributed by atoms with Gasteiger partial charge in [-0.3, -0.25) is 14.5 Å². The lowest BCUT2D eigenvalue weighted by Crippen LogP contribution is -2.46. The van der Waals surface area contributed by atoms with Gasteiger partial charge in [-0.1, -0.05) is 6.08 Å². The number of carbonyl (C=O) groups excluding carboxylic acids is 1. The van der Waals surface area contributed by atoms with E-state index in [2.05, 4.69) is 21.3 Å². The lowest BCUT2D eigenvalue weighted by molar-refractivity contribution is -0.127. The Morgan fingerprint density at radius 2 is 2.22 bits per heavy atom. The summed E-state index contributed by atoms with van der Waals surface area (Å²) in [7, 11) is 0. The first kappa shape index (κ1) is 21.2. The van der Waals surface area contributed by atoms with Crippen molar-refractivity contribution >= 4 is 11.5 Å². The van der Waals surface area contributed by atoms with Crippen LogP contribution in [0.5, 0.6) is 0 Å². The van der Waals surface area contributed by atoms with E-state index in [1.807, 2.05) is 23.6 Å². The van der Waals surface area contributed by atoms with E-state index in [0.29, 0.717) is 19.6 Å². The minimum Gasteiger partial charge on any atom is -0.451 e. The Balaban J connectivity index is 1.60. The molecule has 5 rings (SSSR count). The molecule has 1 amide bonds. The molecule has 2 aliphatic heterocycles. The molecular formula is C24H30N4O4. The van der Waals surface area contributed by atoms with Crippen LogP contribution in [0.4, 0.5) is 0 Å². The first-order valence-corrected chi connectivity index (χ1v) is 11.6. The molecule has 0 unspecified atom stereocenters. The molecule has 4 atom stereocenters. The van der Waals surface area contributed by atoms with Gasteiger partial charge >= 0.3 is 0 Å². The van der Waals surface area contributed by atoms with Gasteiger partial charge in [0.15, 0.2) is 6.39 Å². The standard InChI is InChI=1S/C24H30N4O4/c1-2-25-23(30)21-18(12-29)20-11-28-19(22(21)27(20)10-16-13-32-14-26-16)9-8-17(24(28)31)15-6-4-3-5-7-15/h6,8-9,13-14,18,20-22,29H,2-5,7,10-12H2,1H3,(H,25,30)/t18-,20-,21+,22+/m0/s1. The molecule has 0 radical (unpaired) electrons. The van der Waals surface area contributed by atoms with E-state index >= 15 is 0 Å². The van der Waals surface area contributed by atoms with Gasteiger partial charge in [-0.05, 0) is 50.3 Å². The van der Waals surface area contributed by atoms with E-state index in [0.717, 1.165) is 41.8 Å². The maximum Gasteiger partial charge on any atom is 0.258 e. The Kier molecular flexibility index (Phi) is 5.73. The summed E-state index contributed by atoms with van der Waals surface area (Å²) in [6.07, 6.45) is 9.41. The smallest absolute Gasteiger partial charge is 0.258 e. The average molecular weight is 439 g/mol. The van der Waals surface area contributed by atoms with Gasteiger partial charge in [-0.25, -0.2) is 4.98 Å². The van der Waals surface area contributed by atoms with Crippen molar-refractivity contribution in [3.05, 3.63) is 58.2 Å². The van der Waals surface area contributed by atoms with Gasteiger partial charge in [0.1, 0.15) is 6.26 Å². The Hall–Kier alpha value is -2.71. The second-order valence-electron chi connectivity index (χ2n) is 8.99. The molecule has 3 aliphatic rings. The number of nitrogens with zero attached hydrogens (tertiary/aromatic N) is 3. The van der Waals surface area contributed by atoms with Crippen molar-refractivity contribution in [2.75, 3.05) is 13.2 Å². The number of oxazole rings is 1. The number of amides is 1. The zero-order valence-electron chi connectivity index (χ0n) is 18.4. The number of carbonyl (C=O) groups is 1. The molecular weight excluding hydrogens is 408 g/mol. The molecule has 2 N–H and O–H groups in total. The quantitative estimate of drug-likeness (QED) is 0.716. The molecule has 0 spiro atoms. The van der Waals surface area contributed by atoms with Crippen LogP contribution >= 0.6 is 0 Å². The molecule has 1 aliphatic carbocycles. The van der Waals surface area contributed by atoms with Crippen LogP contribution in [0, 0.1) is 11.8 Å². The normalized spacial score (nSPS) is 27.1. The summed E-state index contributed by atoms with van der Waals surface area (Å²) < 4.78 is 7.01. The van der Waals surface area contributed by atoms with Crippen LogP contribution in [0.3, 0.4) is 0 Å². The van der Waals surface area contributed by atoms with Crippen molar-refractivity contribution in [2.24, 2.45) is 11.8 Å². The molecule has 1 saturated heterocycles. The van der Waals surface area contributed by atoms with Crippen LogP contribution < -0.4 is 10.9 Å². The van der Waals surface area contributed by atoms with E-state index in [9.17, 15) is 14.7 Å². The molecule has 32 heavy (non-hydrogen) atoms. The van der Waals surface area contributed by atoms with Gasteiger partial charge in [0.25, 0.3) is 5.56 Å². The zero-order valence-corrected chi connectivity index (χ0v) is 18.4. The molecule has 8 nitrogen and oxygen atoms in total. The van der Waals surface area contributed by atoms with Crippen LogP contribution in [-0.4, -0.2) is 44.7 Å². The second kappa shape index (κ2) is 8.67. The van der Waals surface area contributed by atoms with E-state index in [4.69, 9.17) is 4.42 Å². The SMILES string of the molecule is CCNC(=O)[C@@H]1[C@@H](CO)[C@@H]2Cn3c(ccc(C4=CCCCC4)c3=O)[C@H]1N2Cc1cocn1. The maximum absolute atomic E-state index is 13.6. The topological polar surface area (TPSA) is 101 Å². The fraction of sp³-hybridized carbons (Fsp3) is 0.542. The van der Waals surface area contributed by atoms with Crippen molar-refractivity contribution in [3.8, 4) is 0 Å². The molecule has 0 aromatic carbocycles. The van der Waals surface area contributed by atoms with Crippen molar-refractivity contribution in [1.82, 2.24) is 19.8 Å². The molecule has 0 saturated carbocycles. The van der Waals surface area contributed by atoms with Gasteiger partial charge in [0.05, 0.1) is 17.7 Å². The van der Waals surface area contributed by atoms with Gasteiger partial charge in [0.2, 0.25) is 5.91 Å². The van der Waals surface area contributed by atoms with Crippen molar-refractivity contribution < 1.29 is 14.3 Å². The predicted molar refractivity (Wildman–Crippen MR) is 118 cm³/mol. The lowest BCUT2D eigenvalue weighted by Gasteiger charge is -2.38. The molecule has 170 valence electrons. The minimum atomic E-state index is -0.440. The van der Waals surface area contributed by atoms with Crippen LogP contribution in [0.1, 0.15) is 55.6 Å². The first-order chi connectivity index (χ1) is 15.6. The number of allylic oxidation sites excluding steroid dienone is 2. The number of aromatic nitrogens is 2. The summed E-state index contributed by atoms with van der Waals surface area (Å²) >= 11 is 0. The lowest BCUT2D eigenvalue weighted by atomic mass is 9.86. The second-order valence-corrected chi connectivity index (χ2v) is 8.99. The largest absolute Gasteiger partial charge is 0.451 e. The summed E-state index contributed by atoms with van der Waals surface area (Å²) in [4.78, 5) is 33.2. The summed E-state index contributed by atoms with van der Waals surface area (Å²) in [5.74, 6) is -0.788. The fourth-order valence-electron chi connectivity index (χ4n) is 5.86. The predicted octanol–water partition coefficient (Wildman–Crippen LogP) is 2.09. The highest BCUT2D eigenvalue weighted by atomic mass is 16.3. The average Bonchev–Trinajstić information content (AvgIpc) is 3.39. The third kappa shape index (κ3) is 3.42. The summed E-state index contributed by atoms with van der Waals surface area (Å²) in [5.41, 5.74) is 3.52. The van der Waals surface area contributed by atoms with Crippen LogP contribution in [0.25, 0.3) is 5.57 Å². The van der Waals surface area contributed by atoms with Gasteiger partial charge in [0, 0.05) is 49.5 Å². The van der Waals surface area contributed by atoms with E-state index < -0.39 is 5.92 Å². The number of fused-ring (bicyclic) bond motifs is 4. The molecule has 8 heteroatoms. The number of hydrogen-bond acceptors (Lipinski definition) is 6. The third-order valence-electron chi connectivity index (χ3n) is 7.29. The maximum atomic E-state index is 13.6. The number of pyridine rings is 1. The Bertz CT molecular complexity index is 1070. The third-order valence-corrected chi connectivity index (χ3v) is 7.29. The number of aliphatic hydroxyl groups excluding tert-OH is 1. The van der Waals surface area contributed by atoms with Gasteiger partial charge < -0.3 is 19.4 Å². The van der Waals surface area contributed by atoms with Crippen LogP contribution in [0.15, 0.2) is 40.1 Å². The first-order valence-electron chi connectivity index (χ1n) is 11.6. The van der Waals surface area contributed by atoms with Crippen LogP contribution in [-0.2, 0) is 17.9 Å². The molecule has 1 fully saturated rings. The van der Waals surface area contributed by atoms with Crippen molar-refractivity contribution in [2.45, 2.75) is 57.8 Å². The highest BCUT2D eigenvalue weighted by Crippen LogP contribution is 2.49. The van der Waals surface area contributed by atoms with Crippen molar-refractivity contribution in [1.29, 1.82) is 0 Å².